The molecule has 4 rings (SSSR count). The van der Waals surface area contributed by atoms with Gasteiger partial charge in [0.15, 0.2) is 5.16 Å². The quantitative estimate of drug-likeness (QED) is 0.268. The largest absolute Gasteiger partial charge is 0.326 e. The lowest BCUT2D eigenvalue weighted by Crippen LogP contribution is -2.15. The molecule has 0 fully saturated rings. The van der Waals surface area contributed by atoms with Gasteiger partial charge in [0.2, 0.25) is 11.8 Å². The number of nitrogens with zero attached hydrogens (tertiary/aromatic N) is 3. The average molecular weight is 472 g/mol. The van der Waals surface area contributed by atoms with Gasteiger partial charge in [0.25, 0.3) is 0 Å². The van der Waals surface area contributed by atoms with Crippen LogP contribution in [0.5, 0.6) is 0 Å². The number of aromatic nitrogens is 3. The van der Waals surface area contributed by atoms with Gasteiger partial charge in [-0.25, -0.2) is 0 Å². The normalized spacial score (nSPS) is 10.7. The number of benzene rings is 3. The van der Waals surface area contributed by atoms with Crippen LogP contribution in [0.4, 0.5) is 11.4 Å². The van der Waals surface area contributed by atoms with Crippen LogP contribution < -0.4 is 10.6 Å². The molecule has 0 spiro atoms. The van der Waals surface area contributed by atoms with Crippen molar-refractivity contribution in [1.29, 1.82) is 0 Å². The summed E-state index contributed by atoms with van der Waals surface area (Å²) in [5.74, 6) is 0.724. The molecule has 0 saturated carbocycles. The van der Waals surface area contributed by atoms with Crippen molar-refractivity contribution in [1.82, 2.24) is 14.8 Å². The van der Waals surface area contributed by atoms with Crippen molar-refractivity contribution in [2.45, 2.75) is 25.0 Å². The van der Waals surface area contributed by atoms with E-state index < -0.39 is 0 Å². The van der Waals surface area contributed by atoms with E-state index in [0.29, 0.717) is 29.5 Å². The van der Waals surface area contributed by atoms with Gasteiger partial charge in [-0.2, -0.15) is 0 Å². The Balaban J connectivity index is 1.43. The van der Waals surface area contributed by atoms with Crippen LogP contribution in [0.3, 0.4) is 0 Å². The third-order valence-corrected chi connectivity index (χ3v) is 6.12. The van der Waals surface area contributed by atoms with E-state index in [1.54, 1.807) is 30.3 Å². The number of carbonyl (C=O) groups excluding carboxylic acids is 2. The summed E-state index contributed by atoms with van der Waals surface area (Å²) in [6.45, 7) is 5.87. The fraction of sp³-hybridized carbons (Fsp3) is 0.154. The molecular formula is C26H25N5O2S. The first-order valence-corrected chi connectivity index (χ1v) is 11.8. The van der Waals surface area contributed by atoms with Crippen LogP contribution in [0.1, 0.15) is 18.3 Å². The first-order valence-electron chi connectivity index (χ1n) is 10.8. The number of fused-ring (bicyclic) bond motifs is 1. The van der Waals surface area contributed by atoms with Crippen LogP contribution in [-0.4, -0.2) is 32.3 Å². The number of nitrogens with one attached hydrogen (secondary N) is 2. The number of carbonyl (C=O) groups is 2. The second-order valence-corrected chi connectivity index (χ2v) is 8.65. The van der Waals surface area contributed by atoms with Crippen LogP contribution in [0, 0.1) is 0 Å². The van der Waals surface area contributed by atoms with Crippen molar-refractivity contribution >= 4 is 45.7 Å². The zero-order valence-electron chi connectivity index (χ0n) is 18.8. The van der Waals surface area contributed by atoms with Crippen molar-refractivity contribution < 1.29 is 9.59 Å². The third kappa shape index (κ3) is 5.71. The molecule has 0 radical (unpaired) electrons. The molecule has 172 valence electrons. The molecule has 0 atom stereocenters. The van der Waals surface area contributed by atoms with Crippen molar-refractivity contribution in [3.05, 3.63) is 90.8 Å². The Labute approximate surface area is 202 Å². The standard InChI is InChI=1S/C26H25N5O2S/c1-3-15-31-24(16-20-9-6-8-19-7-4-5-10-23(19)20)29-30-26(31)34-17-25(33)28-22-13-11-21(12-14-22)27-18(2)32/h3-14H,1,15-17H2,2H3,(H,27,32)(H,28,33). The topological polar surface area (TPSA) is 88.9 Å². The summed E-state index contributed by atoms with van der Waals surface area (Å²) in [6.07, 6.45) is 2.44. The van der Waals surface area contributed by atoms with Gasteiger partial charge >= 0.3 is 0 Å². The molecule has 7 nitrogen and oxygen atoms in total. The summed E-state index contributed by atoms with van der Waals surface area (Å²) in [5, 5.41) is 17.4. The maximum Gasteiger partial charge on any atom is 0.234 e. The summed E-state index contributed by atoms with van der Waals surface area (Å²) in [7, 11) is 0. The molecule has 2 N–H and O–H groups in total. The fourth-order valence-corrected chi connectivity index (χ4v) is 4.42. The predicted molar refractivity (Wildman–Crippen MR) is 137 cm³/mol. The van der Waals surface area contributed by atoms with Gasteiger partial charge in [-0.3, -0.25) is 9.59 Å². The number of amides is 2. The van der Waals surface area contributed by atoms with E-state index in [4.69, 9.17) is 0 Å². The van der Waals surface area contributed by atoms with Gasteiger partial charge < -0.3 is 15.2 Å². The van der Waals surface area contributed by atoms with Crippen LogP contribution in [-0.2, 0) is 22.6 Å². The fourth-order valence-electron chi connectivity index (χ4n) is 3.65. The summed E-state index contributed by atoms with van der Waals surface area (Å²) in [5.41, 5.74) is 2.51. The van der Waals surface area contributed by atoms with E-state index >= 15 is 0 Å². The van der Waals surface area contributed by atoms with Gasteiger partial charge in [0, 0.05) is 31.3 Å². The molecule has 0 aliphatic carbocycles. The van der Waals surface area contributed by atoms with Crippen molar-refractivity contribution in [3.8, 4) is 0 Å². The second kappa shape index (κ2) is 10.8. The number of rotatable bonds is 9. The Bertz CT molecular complexity index is 1330. The lowest BCUT2D eigenvalue weighted by Gasteiger charge is -2.10. The first kappa shape index (κ1) is 23.3. The van der Waals surface area contributed by atoms with Crippen LogP contribution in [0.2, 0.25) is 0 Å². The van der Waals surface area contributed by atoms with E-state index in [9.17, 15) is 9.59 Å². The Morgan fingerprint density at radius 3 is 2.41 bits per heavy atom. The molecule has 0 bridgehead atoms. The summed E-state index contributed by atoms with van der Waals surface area (Å²) in [6, 6.07) is 21.5. The minimum Gasteiger partial charge on any atom is -0.326 e. The molecule has 1 aromatic heterocycles. The first-order chi connectivity index (χ1) is 16.5. The maximum atomic E-state index is 12.5. The van der Waals surface area contributed by atoms with E-state index in [-0.39, 0.29) is 17.6 Å². The van der Waals surface area contributed by atoms with Crippen LogP contribution >= 0.6 is 11.8 Å². The second-order valence-electron chi connectivity index (χ2n) is 7.71. The summed E-state index contributed by atoms with van der Waals surface area (Å²) < 4.78 is 1.99. The Morgan fingerprint density at radius 1 is 0.971 bits per heavy atom. The molecule has 0 aliphatic heterocycles. The number of hydrogen-bond acceptors (Lipinski definition) is 5. The minimum absolute atomic E-state index is 0.142. The molecule has 0 aliphatic rings. The highest BCUT2D eigenvalue weighted by atomic mass is 32.2. The van der Waals surface area contributed by atoms with Crippen LogP contribution in [0.15, 0.2) is 84.5 Å². The van der Waals surface area contributed by atoms with Gasteiger partial charge in [0.05, 0.1) is 5.75 Å². The molecule has 2 amide bonds. The Kier molecular flexibility index (Phi) is 7.39. The number of hydrogen-bond donors (Lipinski definition) is 2. The molecule has 4 aromatic rings. The molecule has 3 aromatic carbocycles. The molecular weight excluding hydrogens is 446 g/mol. The van der Waals surface area contributed by atoms with E-state index in [2.05, 4.69) is 57.7 Å². The van der Waals surface area contributed by atoms with E-state index in [1.165, 1.54) is 35.0 Å². The molecule has 0 unspecified atom stereocenters. The summed E-state index contributed by atoms with van der Waals surface area (Å²) >= 11 is 1.33. The zero-order chi connectivity index (χ0) is 23.9. The van der Waals surface area contributed by atoms with Crippen molar-refractivity contribution in [2.24, 2.45) is 0 Å². The smallest absolute Gasteiger partial charge is 0.234 e. The monoisotopic (exact) mass is 471 g/mol. The van der Waals surface area contributed by atoms with E-state index in [1.807, 2.05) is 16.7 Å². The lowest BCUT2D eigenvalue weighted by molar-refractivity contribution is -0.114. The highest BCUT2D eigenvalue weighted by Gasteiger charge is 2.15. The van der Waals surface area contributed by atoms with E-state index in [0.717, 1.165) is 5.82 Å². The third-order valence-electron chi connectivity index (χ3n) is 5.16. The predicted octanol–water partition coefficient (Wildman–Crippen LogP) is 4.90. The molecule has 0 saturated heterocycles. The van der Waals surface area contributed by atoms with Gasteiger partial charge in [-0.05, 0) is 40.6 Å². The number of allylic oxidation sites excluding steroid dienone is 1. The highest BCUT2D eigenvalue weighted by molar-refractivity contribution is 7.99. The number of thioether (sulfide) groups is 1. The van der Waals surface area contributed by atoms with Crippen molar-refractivity contribution in [3.63, 3.8) is 0 Å². The Morgan fingerprint density at radius 2 is 1.68 bits per heavy atom. The highest BCUT2D eigenvalue weighted by Crippen LogP contribution is 2.24. The van der Waals surface area contributed by atoms with Gasteiger partial charge in [0.1, 0.15) is 5.82 Å². The van der Waals surface area contributed by atoms with Crippen molar-refractivity contribution in [2.75, 3.05) is 16.4 Å². The summed E-state index contributed by atoms with van der Waals surface area (Å²) in [4.78, 5) is 23.6. The molecule has 34 heavy (non-hydrogen) atoms. The number of anilines is 2. The minimum atomic E-state index is -0.152. The molecule has 8 heteroatoms. The maximum absolute atomic E-state index is 12.5. The SMILES string of the molecule is C=CCn1c(Cc2cccc3ccccc23)nnc1SCC(=O)Nc1ccc(NC(C)=O)cc1. The lowest BCUT2D eigenvalue weighted by atomic mass is 10.0. The van der Waals surface area contributed by atoms with Crippen LogP contribution in [0.25, 0.3) is 10.8 Å². The average Bonchev–Trinajstić information content (AvgIpc) is 3.20. The molecule has 1 heterocycles. The Hall–Kier alpha value is -3.91. The van der Waals surface area contributed by atoms with Gasteiger partial charge in [-0.1, -0.05) is 60.3 Å². The van der Waals surface area contributed by atoms with Gasteiger partial charge in [-0.15, -0.1) is 16.8 Å². The zero-order valence-corrected chi connectivity index (χ0v) is 19.6.